The van der Waals surface area contributed by atoms with Crippen molar-refractivity contribution < 1.29 is 19.4 Å². The number of methoxy groups -OCH3 is 1. The van der Waals surface area contributed by atoms with Crippen molar-refractivity contribution in [2.45, 2.75) is 6.54 Å². The predicted molar refractivity (Wildman–Crippen MR) is 91.5 cm³/mol. The summed E-state index contributed by atoms with van der Waals surface area (Å²) in [6.07, 6.45) is 0. The number of hydrogen-bond donors (Lipinski definition) is 1. The van der Waals surface area contributed by atoms with E-state index in [1.165, 1.54) is 6.07 Å². The van der Waals surface area contributed by atoms with E-state index in [9.17, 15) is 14.7 Å². The molecule has 7 heteroatoms. The number of fused-ring (bicyclic) bond motifs is 1. The largest absolute Gasteiger partial charge is 0.545 e. The summed E-state index contributed by atoms with van der Waals surface area (Å²) in [5.74, 6) is -1.24. The van der Waals surface area contributed by atoms with Gasteiger partial charge in [0.15, 0.2) is 5.69 Å². The predicted octanol–water partition coefficient (Wildman–Crippen LogP) is 0.725. The van der Waals surface area contributed by atoms with Gasteiger partial charge in [0.2, 0.25) is 0 Å². The maximum absolute atomic E-state index is 12.0. The number of ether oxygens (including phenoxy) is 1. The van der Waals surface area contributed by atoms with Crippen LogP contribution in [-0.2, 0) is 11.3 Å². The molecule has 1 heterocycles. The van der Waals surface area contributed by atoms with Crippen LogP contribution in [0.25, 0.3) is 0 Å². The first-order chi connectivity index (χ1) is 11.9. The summed E-state index contributed by atoms with van der Waals surface area (Å²) >= 11 is 0. The summed E-state index contributed by atoms with van der Waals surface area (Å²) in [4.78, 5) is 27.5. The zero-order chi connectivity index (χ0) is 18.2. The molecule has 0 saturated heterocycles. The van der Waals surface area contributed by atoms with Gasteiger partial charge in [0, 0.05) is 17.2 Å². The third-order valence-corrected chi connectivity index (χ3v) is 4.33. The molecule has 0 saturated carbocycles. The van der Waals surface area contributed by atoms with Crippen molar-refractivity contribution in [2.24, 2.45) is 10.7 Å². The first kappa shape index (κ1) is 16.7. The van der Waals surface area contributed by atoms with E-state index in [0.29, 0.717) is 12.2 Å². The van der Waals surface area contributed by atoms with Gasteiger partial charge in [-0.15, -0.1) is 0 Å². The van der Waals surface area contributed by atoms with Gasteiger partial charge in [0.05, 0.1) is 20.1 Å². The fourth-order valence-electron chi connectivity index (χ4n) is 3.10. The number of primary amides is 1. The molecule has 2 aromatic rings. The molecule has 1 aliphatic heterocycles. The molecule has 2 aromatic carbocycles. The third-order valence-electron chi connectivity index (χ3n) is 4.33. The highest BCUT2D eigenvalue weighted by Crippen LogP contribution is 2.43. The number of amides is 1. The fourth-order valence-corrected chi connectivity index (χ4v) is 3.10. The number of para-hydroxylation sites is 1. The Balaban J connectivity index is 2.10. The number of likely N-dealkylation sites (N-methyl/N-ethyl adjacent to an activating group) is 1. The Morgan fingerprint density at radius 2 is 1.88 bits per heavy atom. The Hall–Kier alpha value is -3.19. The molecule has 7 nitrogen and oxygen atoms in total. The molecule has 0 bridgehead atoms. The monoisotopic (exact) mass is 339 g/mol. The molecule has 1 amide bonds. The minimum Gasteiger partial charge on any atom is -0.545 e. The zero-order valence-electron chi connectivity index (χ0n) is 13.9. The second kappa shape index (κ2) is 6.03. The van der Waals surface area contributed by atoms with Gasteiger partial charge in [-0.2, -0.15) is 4.99 Å². The first-order valence-electron chi connectivity index (χ1n) is 7.59. The molecule has 2 N–H and O–H groups in total. The summed E-state index contributed by atoms with van der Waals surface area (Å²) in [6, 6.07) is 12.1. The number of nitrogens with two attached hydrogens (primary N) is 1. The molecular formula is C18H17N3O4. The van der Waals surface area contributed by atoms with Gasteiger partial charge >= 0.3 is 5.91 Å². The van der Waals surface area contributed by atoms with Crippen LogP contribution in [0.4, 0.5) is 11.4 Å². The van der Waals surface area contributed by atoms with Crippen molar-refractivity contribution in [1.29, 1.82) is 0 Å². The Kier molecular flexibility index (Phi) is 4.02. The topological polar surface area (TPSA) is 105 Å². The van der Waals surface area contributed by atoms with Gasteiger partial charge in [-0.1, -0.05) is 12.1 Å². The number of quaternary nitrogens is 1. The van der Waals surface area contributed by atoms with Crippen LogP contribution in [0.3, 0.4) is 0 Å². The highest BCUT2D eigenvalue weighted by Gasteiger charge is 2.44. The maximum atomic E-state index is 12.0. The number of amidine groups is 1. The fraction of sp³-hybridized carbons (Fsp3) is 0.167. The minimum atomic E-state index is -1.35. The van der Waals surface area contributed by atoms with E-state index in [1.807, 2.05) is 24.3 Å². The second-order valence-electron chi connectivity index (χ2n) is 5.96. The normalized spacial score (nSPS) is 18.4. The minimum absolute atomic E-state index is 0.0158. The molecule has 1 aliphatic rings. The number of carboxylic acid groups (broad SMARTS) is 1. The lowest BCUT2D eigenvalue weighted by Crippen LogP contribution is -2.53. The Morgan fingerprint density at radius 3 is 2.44 bits per heavy atom. The molecule has 128 valence electrons. The smallest absolute Gasteiger partial charge is 0.324 e. The van der Waals surface area contributed by atoms with Gasteiger partial charge in [-0.3, -0.25) is 4.79 Å². The van der Waals surface area contributed by atoms with Gasteiger partial charge in [0.1, 0.15) is 18.0 Å². The number of benzene rings is 2. The molecule has 1 atom stereocenters. The number of carboxylic acids is 1. The van der Waals surface area contributed by atoms with Crippen LogP contribution in [0.1, 0.15) is 15.9 Å². The first-order valence-corrected chi connectivity index (χ1v) is 7.59. The lowest BCUT2D eigenvalue weighted by molar-refractivity contribution is -0.254. The van der Waals surface area contributed by atoms with Gasteiger partial charge < -0.3 is 20.4 Å². The highest BCUT2D eigenvalue weighted by atomic mass is 16.5. The van der Waals surface area contributed by atoms with Crippen molar-refractivity contribution in [1.82, 2.24) is 4.48 Å². The van der Waals surface area contributed by atoms with Crippen LogP contribution in [-0.4, -0.2) is 31.9 Å². The SMILES string of the molecule is COc1ccc(C[N+]2(C)C(C(N)=O)=Nc3c(C(=O)[O-])cccc32)cc1. The highest BCUT2D eigenvalue weighted by molar-refractivity contribution is 6.42. The van der Waals surface area contributed by atoms with Crippen molar-refractivity contribution in [2.75, 3.05) is 14.2 Å². The molecule has 25 heavy (non-hydrogen) atoms. The average Bonchev–Trinajstić information content (AvgIpc) is 2.88. The van der Waals surface area contributed by atoms with E-state index in [2.05, 4.69) is 4.99 Å². The number of nitrogens with zero attached hydrogens (tertiary/aromatic N) is 2. The standard InChI is InChI=1S/C18H17N3O4/c1-21(10-11-6-8-12(25-2)9-7-11)14-5-3-4-13(18(23)24)15(14)20-17(21)16(19)22/h3-9H,10H2,1-2H3,(H2-,19,22,23,24). The van der Waals surface area contributed by atoms with Gasteiger partial charge in [-0.25, -0.2) is 4.48 Å². The van der Waals surface area contributed by atoms with Crippen LogP contribution >= 0.6 is 0 Å². The van der Waals surface area contributed by atoms with Crippen LogP contribution in [0, 0.1) is 0 Å². The van der Waals surface area contributed by atoms with Gasteiger partial charge in [0.25, 0.3) is 5.84 Å². The number of aromatic carboxylic acids is 1. The summed E-state index contributed by atoms with van der Waals surface area (Å²) < 4.78 is 5.13. The van der Waals surface area contributed by atoms with Crippen LogP contribution in [0.2, 0.25) is 0 Å². The molecule has 0 aromatic heterocycles. The van der Waals surface area contributed by atoms with E-state index in [-0.39, 0.29) is 21.6 Å². The van der Waals surface area contributed by atoms with Crippen molar-refractivity contribution in [3.8, 4) is 5.75 Å². The number of hydrogen-bond acceptors (Lipinski definition) is 5. The Morgan fingerprint density at radius 1 is 1.20 bits per heavy atom. The van der Waals surface area contributed by atoms with E-state index >= 15 is 0 Å². The van der Waals surface area contributed by atoms with Gasteiger partial charge in [-0.05, 0) is 24.3 Å². The van der Waals surface area contributed by atoms with E-state index in [4.69, 9.17) is 10.5 Å². The molecule has 0 fully saturated rings. The summed E-state index contributed by atoms with van der Waals surface area (Å²) in [6.45, 7) is 0.384. The zero-order valence-corrected chi connectivity index (χ0v) is 13.9. The van der Waals surface area contributed by atoms with Crippen molar-refractivity contribution >= 4 is 29.1 Å². The number of aliphatic imine (C=N–C) groups is 1. The Bertz CT molecular complexity index is 890. The maximum Gasteiger partial charge on any atom is 0.324 e. The van der Waals surface area contributed by atoms with E-state index in [0.717, 1.165) is 11.3 Å². The van der Waals surface area contributed by atoms with E-state index in [1.54, 1.807) is 26.3 Å². The molecule has 0 spiro atoms. The number of carbonyl (C=O) groups excluding carboxylic acids is 2. The number of rotatable bonds is 5. The van der Waals surface area contributed by atoms with Crippen LogP contribution in [0.5, 0.6) is 5.75 Å². The van der Waals surface area contributed by atoms with Crippen LogP contribution in [0.15, 0.2) is 47.5 Å². The Labute approximate surface area is 144 Å². The average molecular weight is 339 g/mol. The molecule has 0 aliphatic carbocycles. The molecular weight excluding hydrogens is 322 g/mol. The quantitative estimate of drug-likeness (QED) is 0.811. The molecule has 3 rings (SSSR count). The lowest BCUT2D eigenvalue weighted by Gasteiger charge is -2.29. The summed E-state index contributed by atoms with van der Waals surface area (Å²) in [5.41, 5.74) is 7.17. The third kappa shape index (κ3) is 2.74. The van der Waals surface area contributed by atoms with Crippen molar-refractivity contribution in [3.63, 3.8) is 0 Å². The molecule has 0 radical (unpaired) electrons. The second-order valence-corrected chi connectivity index (χ2v) is 5.96. The summed E-state index contributed by atoms with van der Waals surface area (Å²) in [5, 5.41) is 11.4. The summed E-state index contributed by atoms with van der Waals surface area (Å²) in [7, 11) is 3.36. The van der Waals surface area contributed by atoms with E-state index < -0.39 is 11.9 Å². The lowest BCUT2D eigenvalue weighted by atomic mass is 10.1. The van der Waals surface area contributed by atoms with Crippen molar-refractivity contribution in [3.05, 3.63) is 53.6 Å². The molecule has 1 unspecified atom stereocenters. The van der Waals surface area contributed by atoms with Crippen LogP contribution < -0.4 is 20.1 Å². The number of carbonyl (C=O) groups is 2.